The van der Waals surface area contributed by atoms with Crippen LogP contribution < -0.4 is 5.32 Å². The lowest BCUT2D eigenvalue weighted by Crippen LogP contribution is -2.38. The van der Waals surface area contributed by atoms with Crippen LogP contribution in [0.5, 0.6) is 0 Å². The van der Waals surface area contributed by atoms with Crippen molar-refractivity contribution in [2.75, 3.05) is 19.7 Å². The quantitative estimate of drug-likeness (QED) is 0.476. The number of piperidine rings is 1. The average Bonchev–Trinajstić information content (AvgIpc) is 1.89. The highest BCUT2D eigenvalue weighted by Crippen LogP contribution is 2.10. The van der Waals surface area contributed by atoms with Crippen LogP contribution in [0.25, 0.3) is 0 Å². The Labute approximate surface area is 54.7 Å². The fourth-order valence-corrected chi connectivity index (χ4v) is 1.02. The Hall–Kier alpha value is -0.120. The molecule has 9 heavy (non-hydrogen) atoms. The van der Waals surface area contributed by atoms with Crippen molar-refractivity contribution in [1.82, 2.24) is 5.32 Å². The zero-order chi connectivity index (χ0) is 6.69. The van der Waals surface area contributed by atoms with Crippen molar-refractivity contribution in [3.05, 3.63) is 0 Å². The molecule has 2 N–H and O–H groups in total. The van der Waals surface area contributed by atoms with Gasteiger partial charge in [0.15, 0.2) is 0 Å². The van der Waals surface area contributed by atoms with E-state index in [1.54, 1.807) is 0 Å². The zero-order valence-electron chi connectivity index (χ0n) is 5.32. The van der Waals surface area contributed by atoms with Crippen molar-refractivity contribution in [3.8, 4) is 0 Å². The van der Waals surface area contributed by atoms with E-state index >= 15 is 0 Å². The summed E-state index contributed by atoms with van der Waals surface area (Å²) in [5, 5.41) is 21.9. The molecular formula is C6H12NO2. The van der Waals surface area contributed by atoms with Crippen LogP contribution in [0.1, 0.15) is 6.42 Å². The first-order valence-electron chi connectivity index (χ1n) is 3.26. The Morgan fingerprint density at radius 1 is 1.56 bits per heavy atom. The van der Waals surface area contributed by atoms with E-state index in [1.165, 1.54) is 0 Å². The summed E-state index contributed by atoms with van der Waals surface area (Å²) in [6.45, 7) is 1.43. The molecule has 1 rings (SSSR count). The molecule has 0 bridgehead atoms. The summed E-state index contributed by atoms with van der Waals surface area (Å²) in [6.07, 6.45) is 0.387. The summed E-state index contributed by atoms with van der Waals surface area (Å²) in [5.74, 6) is -0.00116. The first-order chi connectivity index (χ1) is 4.34. The SMILES string of the molecule is OCC1C[N]CCC1O. The molecule has 1 fully saturated rings. The molecule has 0 aromatic heterocycles. The van der Waals surface area contributed by atoms with Gasteiger partial charge in [-0.25, -0.2) is 5.32 Å². The Balaban J connectivity index is 2.30. The van der Waals surface area contributed by atoms with Gasteiger partial charge in [0.1, 0.15) is 0 Å². The molecule has 1 saturated heterocycles. The second kappa shape index (κ2) is 3.15. The molecule has 2 unspecified atom stereocenters. The Morgan fingerprint density at radius 2 is 2.33 bits per heavy atom. The average molecular weight is 130 g/mol. The van der Waals surface area contributed by atoms with Crippen molar-refractivity contribution in [3.63, 3.8) is 0 Å². The lowest BCUT2D eigenvalue weighted by Gasteiger charge is -2.25. The fourth-order valence-electron chi connectivity index (χ4n) is 1.02. The predicted molar refractivity (Wildman–Crippen MR) is 33.1 cm³/mol. The van der Waals surface area contributed by atoms with Gasteiger partial charge in [-0.1, -0.05) is 0 Å². The third-order valence-corrected chi connectivity index (χ3v) is 1.73. The summed E-state index contributed by atoms with van der Waals surface area (Å²) in [4.78, 5) is 0. The molecular weight excluding hydrogens is 118 g/mol. The molecule has 0 aliphatic carbocycles. The Morgan fingerprint density at radius 3 is 2.78 bits per heavy atom. The lowest BCUT2D eigenvalue weighted by atomic mass is 9.97. The topological polar surface area (TPSA) is 54.6 Å². The van der Waals surface area contributed by atoms with Gasteiger partial charge in [-0.3, -0.25) is 0 Å². The molecule has 0 saturated carbocycles. The van der Waals surface area contributed by atoms with Gasteiger partial charge in [0.2, 0.25) is 0 Å². The smallest absolute Gasteiger partial charge is 0.0615 e. The highest BCUT2D eigenvalue weighted by atomic mass is 16.3. The summed E-state index contributed by atoms with van der Waals surface area (Å²) in [7, 11) is 0. The summed E-state index contributed by atoms with van der Waals surface area (Å²) < 4.78 is 0. The Kier molecular flexibility index (Phi) is 2.45. The van der Waals surface area contributed by atoms with E-state index in [0.717, 1.165) is 6.54 Å². The van der Waals surface area contributed by atoms with Crippen LogP contribution in [0.15, 0.2) is 0 Å². The minimum absolute atomic E-state index is 0.00116. The largest absolute Gasteiger partial charge is 0.396 e. The normalized spacial score (nSPS) is 36.7. The van der Waals surface area contributed by atoms with Gasteiger partial charge < -0.3 is 10.2 Å². The maximum atomic E-state index is 9.15. The molecule has 0 aromatic rings. The first kappa shape index (κ1) is 6.99. The van der Waals surface area contributed by atoms with E-state index in [2.05, 4.69) is 5.32 Å². The van der Waals surface area contributed by atoms with Gasteiger partial charge >= 0.3 is 0 Å². The summed E-state index contributed by atoms with van der Waals surface area (Å²) in [5.41, 5.74) is 0. The van der Waals surface area contributed by atoms with Crippen LogP contribution in [-0.4, -0.2) is 36.0 Å². The van der Waals surface area contributed by atoms with Crippen molar-refractivity contribution in [2.24, 2.45) is 5.92 Å². The van der Waals surface area contributed by atoms with Crippen LogP contribution in [0.4, 0.5) is 0 Å². The maximum Gasteiger partial charge on any atom is 0.0615 e. The second-order valence-electron chi connectivity index (χ2n) is 2.43. The van der Waals surface area contributed by atoms with Crippen LogP contribution in [0, 0.1) is 5.92 Å². The molecule has 2 atom stereocenters. The molecule has 0 amide bonds. The zero-order valence-corrected chi connectivity index (χ0v) is 5.32. The van der Waals surface area contributed by atoms with E-state index in [0.29, 0.717) is 13.0 Å². The lowest BCUT2D eigenvalue weighted by molar-refractivity contribution is 0.0436. The number of hydrogen-bond donors (Lipinski definition) is 2. The number of rotatable bonds is 1. The van der Waals surface area contributed by atoms with E-state index in [1.807, 2.05) is 0 Å². The third-order valence-electron chi connectivity index (χ3n) is 1.73. The molecule has 3 heteroatoms. The third kappa shape index (κ3) is 1.64. The molecule has 1 heterocycles. The van der Waals surface area contributed by atoms with E-state index in [9.17, 15) is 0 Å². The van der Waals surface area contributed by atoms with Gasteiger partial charge in [0, 0.05) is 25.6 Å². The molecule has 1 aliphatic rings. The van der Waals surface area contributed by atoms with Crippen molar-refractivity contribution >= 4 is 0 Å². The van der Waals surface area contributed by atoms with Gasteiger partial charge in [0.25, 0.3) is 0 Å². The van der Waals surface area contributed by atoms with Crippen LogP contribution in [0.3, 0.4) is 0 Å². The van der Waals surface area contributed by atoms with Crippen LogP contribution >= 0.6 is 0 Å². The van der Waals surface area contributed by atoms with E-state index in [-0.39, 0.29) is 18.6 Å². The minimum atomic E-state index is -0.326. The highest BCUT2D eigenvalue weighted by molar-refractivity contribution is 4.75. The Bertz CT molecular complexity index is 87.1. The van der Waals surface area contributed by atoms with Gasteiger partial charge in [-0.15, -0.1) is 0 Å². The minimum Gasteiger partial charge on any atom is -0.396 e. The van der Waals surface area contributed by atoms with E-state index in [4.69, 9.17) is 10.2 Å². The van der Waals surface area contributed by atoms with Crippen molar-refractivity contribution in [1.29, 1.82) is 0 Å². The fraction of sp³-hybridized carbons (Fsp3) is 1.00. The number of aliphatic hydroxyl groups excluding tert-OH is 2. The van der Waals surface area contributed by atoms with Gasteiger partial charge in [-0.2, -0.15) is 0 Å². The molecule has 3 nitrogen and oxygen atoms in total. The van der Waals surface area contributed by atoms with Crippen molar-refractivity contribution < 1.29 is 10.2 Å². The highest BCUT2D eigenvalue weighted by Gasteiger charge is 2.21. The standard InChI is InChI=1S/C6H12NO2/c8-4-5-3-7-2-1-6(5)9/h5-6,8-9H,1-4H2. The molecule has 1 aliphatic heterocycles. The van der Waals surface area contributed by atoms with Crippen LogP contribution in [0.2, 0.25) is 0 Å². The van der Waals surface area contributed by atoms with E-state index < -0.39 is 0 Å². The monoisotopic (exact) mass is 130 g/mol. The maximum absolute atomic E-state index is 9.15. The number of nitrogens with zero attached hydrogens (tertiary/aromatic N) is 1. The summed E-state index contributed by atoms with van der Waals surface area (Å²) >= 11 is 0. The second-order valence-corrected chi connectivity index (χ2v) is 2.43. The molecule has 0 spiro atoms. The first-order valence-corrected chi connectivity index (χ1v) is 3.26. The molecule has 0 aromatic carbocycles. The molecule has 53 valence electrons. The van der Waals surface area contributed by atoms with Crippen LogP contribution in [-0.2, 0) is 0 Å². The predicted octanol–water partition coefficient (Wildman–Crippen LogP) is -1.04. The number of aliphatic hydroxyl groups is 2. The summed E-state index contributed by atoms with van der Waals surface area (Å²) in [6, 6.07) is 0. The van der Waals surface area contributed by atoms with Crippen molar-refractivity contribution in [2.45, 2.75) is 12.5 Å². The molecule has 1 radical (unpaired) electrons. The number of hydrogen-bond acceptors (Lipinski definition) is 2. The van der Waals surface area contributed by atoms with Gasteiger partial charge in [0.05, 0.1) is 6.10 Å². The van der Waals surface area contributed by atoms with Gasteiger partial charge in [-0.05, 0) is 6.42 Å².